The topological polar surface area (TPSA) is 95.3 Å². The normalized spacial score (nSPS) is 10.8. The maximum absolute atomic E-state index is 12.6. The van der Waals surface area contributed by atoms with Crippen LogP contribution in [-0.4, -0.2) is 59.6 Å². The van der Waals surface area contributed by atoms with E-state index < -0.39 is 0 Å². The number of carbonyl (C=O) groups is 2. The quantitative estimate of drug-likeness (QED) is 0.260. The number of thioether (sulfide) groups is 1. The molecule has 8 nitrogen and oxygen atoms in total. The highest BCUT2D eigenvalue weighted by Crippen LogP contribution is 2.27. The highest BCUT2D eigenvalue weighted by atomic mass is 32.2. The van der Waals surface area contributed by atoms with E-state index in [9.17, 15) is 9.59 Å². The zero-order valence-corrected chi connectivity index (χ0v) is 17.5. The molecule has 2 heterocycles. The van der Waals surface area contributed by atoms with Crippen molar-refractivity contribution in [3.05, 3.63) is 23.0 Å². The van der Waals surface area contributed by atoms with Crippen LogP contribution in [0.15, 0.2) is 10.4 Å². The van der Waals surface area contributed by atoms with Crippen molar-refractivity contribution < 1.29 is 19.1 Å². The van der Waals surface area contributed by atoms with Crippen LogP contribution in [0.5, 0.6) is 0 Å². The number of hydrogen-bond acceptors (Lipinski definition) is 9. The second kappa shape index (κ2) is 10.4. The predicted molar refractivity (Wildman–Crippen MR) is 106 cm³/mol. The Morgan fingerprint density at radius 1 is 1.30 bits per heavy atom. The van der Waals surface area contributed by atoms with Crippen LogP contribution in [0, 0.1) is 13.8 Å². The minimum Gasteiger partial charge on any atom is -0.469 e. The van der Waals surface area contributed by atoms with Gasteiger partial charge in [-0.25, -0.2) is 0 Å². The SMILES string of the molecule is COCCNc1nnc(SCC(=O)c2cc(C)n(CCC(=O)OC)c2C)s1. The fourth-order valence-electron chi connectivity index (χ4n) is 2.54. The Kier molecular flexibility index (Phi) is 8.26. The van der Waals surface area contributed by atoms with E-state index in [0.29, 0.717) is 30.4 Å². The zero-order chi connectivity index (χ0) is 19.8. The average molecular weight is 413 g/mol. The van der Waals surface area contributed by atoms with Gasteiger partial charge in [-0.3, -0.25) is 9.59 Å². The standard InChI is InChI=1S/C17H24N4O4S2/c1-11-9-13(12(2)21(11)7-5-15(23)25-4)14(22)10-26-17-20-19-16(27-17)18-6-8-24-3/h9H,5-8,10H2,1-4H3,(H,18,19). The molecule has 0 amide bonds. The summed E-state index contributed by atoms with van der Waals surface area (Å²) >= 11 is 2.78. The van der Waals surface area contributed by atoms with Crippen molar-refractivity contribution in [2.45, 2.75) is 31.2 Å². The molecule has 0 spiro atoms. The Morgan fingerprint density at radius 2 is 2.07 bits per heavy atom. The van der Waals surface area contributed by atoms with Gasteiger partial charge in [0, 0.05) is 37.2 Å². The third kappa shape index (κ3) is 6.05. The number of aryl methyl sites for hydroxylation is 1. The molecule has 0 atom stereocenters. The summed E-state index contributed by atoms with van der Waals surface area (Å²) in [4.78, 5) is 24.0. The number of carbonyl (C=O) groups excluding carboxylic acids is 2. The first-order valence-electron chi connectivity index (χ1n) is 8.42. The van der Waals surface area contributed by atoms with Crippen molar-refractivity contribution >= 4 is 40.0 Å². The van der Waals surface area contributed by atoms with Crippen LogP contribution in [0.25, 0.3) is 0 Å². The molecule has 148 valence electrons. The third-order valence-electron chi connectivity index (χ3n) is 3.96. The molecule has 0 radical (unpaired) electrons. The fraction of sp³-hybridized carbons (Fsp3) is 0.529. The van der Waals surface area contributed by atoms with E-state index in [0.717, 1.165) is 15.7 Å². The van der Waals surface area contributed by atoms with E-state index in [-0.39, 0.29) is 23.9 Å². The molecule has 0 aromatic carbocycles. The van der Waals surface area contributed by atoms with Crippen molar-refractivity contribution in [3.8, 4) is 0 Å². The Hall–Kier alpha value is -1.91. The number of anilines is 1. The number of nitrogens with one attached hydrogen (secondary N) is 1. The molecule has 0 aliphatic heterocycles. The van der Waals surface area contributed by atoms with Gasteiger partial charge in [-0.05, 0) is 19.9 Å². The summed E-state index contributed by atoms with van der Waals surface area (Å²) in [5.74, 6) is 0.0483. The van der Waals surface area contributed by atoms with E-state index in [2.05, 4.69) is 20.3 Å². The van der Waals surface area contributed by atoms with Gasteiger partial charge in [0.15, 0.2) is 10.1 Å². The van der Waals surface area contributed by atoms with Crippen LogP contribution in [-0.2, 0) is 20.8 Å². The van der Waals surface area contributed by atoms with Crippen LogP contribution in [0.3, 0.4) is 0 Å². The van der Waals surface area contributed by atoms with Gasteiger partial charge in [-0.2, -0.15) is 0 Å². The van der Waals surface area contributed by atoms with Crippen LogP contribution < -0.4 is 5.32 Å². The molecule has 0 unspecified atom stereocenters. The minimum absolute atomic E-state index is 0.0292. The Balaban J connectivity index is 1.93. The molecule has 2 aromatic rings. The molecule has 27 heavy (non-hydrogen) atoms. The van der Waals surface area contributed by atoms with E-state index in [1.807, 2.05) is 24.5 Å². The van der Waals surface area contributed by atoms with Crippen molar-refractivity contribution in [2.75, 3.05) is 38.4 Å². The minimum atomic E-state index is -0.267. The number of rotatable bonds is 11. The van der Waals surface area contributed by atoms with Gasteiger partial charge in [0.05, 0.1) is 25.9 Å². The van der Waals surface area contributed by atoms with Gasteiger partial charge in [-0.15, -0.1) is 10.2 Å². The summed E-state index contributed by atoms with van der Waals surface area (Å²) in [7, 11) is 3.01. The van der Waals surface area contributed by atoms with E-state index in [1.165, 1.54) is 30.2 Å². The van der Waals surface area contributed by atoms with Gasteiger partial charge < -0.3 is 19.4 Å². The van der Waals surface area contributed by atoms with Crippen molar-refractivity contribution in [1.82, 2.24) is 14.8 Å². The molecule has 0 bridgehead atoms. The second-order valence-electron chi connectivity index (χ2n) is 5.77. The molecule has 0 fully saturated rings. The molecule has 0 saturated heterocycles. The number of ether oxygens (including phenoxy) is 2. The molecule has 2 rings (SSSR count). The van der Waals surface area contributed by atoms with Crippen LogP contribution in [0.1, 0.15) is 28.2 Å². The van der Waals surface area contributed by atoms with E-state index in [1.54, 1.807) is 7.11 Å². The van der Waals surface area contributed by atoms with E-state index in [4.69, 9.17) is 4.74 Å². The molecule has 10 heteroatoms. The largest absolute Gasteiger partial charge is 0.469 e. The summed E-state index contributed by atoms with van der Waals surface area (Å²) in [5, 5.41) is 12.0. The molecule has 1 N–H and O–H groups in total. The van der Waals surface area contributed by atoms with Gasteiger partial charge in [-0.1, -0.05) is 23.1 Å². The number of esters is 1. The van der Waals surface area contributed by atoms with Gasteiger partial charge in [0.1, 0.15) is 0 Å². The Morgan fingerprint density at radius 3 is 2.78 bits per heavy atom. The van der Waals surface area contributed by atoms with E-state index >= 15 is 0 Å². The summed E-state index contributed by atoms with van der Waals surface area (Å²) in [6.45, 7) is 5.57. The summed E-state index contributed by atoms with van der Waals surface area (Å²) < 4.78 is 12.4. The highest BCUT2D eigenvalue weighted by Gasteiger charge is 2.17. The maximum atomic E-state index is 12.6. The number of hydrogen-bond donors (Lipinski definition) is 1. The first-order chi connectivity index (χ1) is 13.0. The van der Waals surface area contributed by atoms with Gasteiger partial charge in [0.25, 0.3) is 0 Å². The van der Waals surface area contributed by atoms with Crippen molar-refractivity contribution in [2.24, 2.45) is 0 Å². The maximum Gasteiger partial charge on any atom is 0.307 e. The van der Waals surface area contributed by atoms with Crippen molar-refractivity contribution in [1.29, 1.82) is 0 Å². The lowest BCUT2D eigenvalue weighted by molar-refractivity contribution is -0.140. The molecular formula is C17H24N4O4S2. The number of aromatic nitrogens is 3. The molecule has 0 aliphatic carbocycles. The molecule has 2 aromatic heterocycles. The van der Waals surface area contributed by atoms with Crippen molar-refractivity contribution in [3.63, 3.8) is 0 Å². The van der Waals surface area contributed by atoms with Gasteiger partial charge >= 0.3 is 5.97 Å². The Bertz CT molecular complexity index is 788. The lowest BCUT2D eigenvalue weighted by atomic mass is 10.2. The number of methoxy groups -OCH3 is 2. The molecule has 0 aliphatic rings. The van der Waals surface area contributed by atoms with Crippen LogP contribution in [0.2, 0.25) is 0 Å². The predicted octanol–water partition coefficient (Wildman–Crippen LogP) is 2.55. The monoisotopic (exact) mass is 412 g/mol. The highest BCUT2D eigenvalue weighted by molar-refractivity contribution is 8.01. The summed E-state index contributed by atoms with van der Waals surface area (Å²) in [6, 6.07) is 1.87. The van der Waals surface area contributed by atoms with Gasteiger partial charge in [0.2, 0.25) is 5.13 Å². The summed E-state index contributed by atoms with van der Waals surface area (Å²) in [5.41, 5.74) is 2.49. The first kappa shape index (κ1) is 21.4. The average Bonchev–Trinajstić information content (AvgIpc) is 3.22. The third-order valence-corrected chi connectivity index (χ3v) is 5.97. The second-order valence-corrected chi connectivity index (χ2v) is 7.97. The molecule has 0 saturated carbocycles. The number of ketones is 1. The van der Waals surface area contributed by atoms with Crippen LogP contribution in [0.4, 0.5) is 5.13 Å². The Labute approximate surface area is 166 Å². The smallest absolute Gasteiger partial charge is 0.307 e. The first-order valence-corrected chi connectivity index (χ1v) is 10.2. The fourth-order valence-corrected chi connectivity index (χ4v) is 4.20. The summed E-state index contributed by atoms with van der Waals surface area (Å²) in [6.07, 6.45) is 0.277. The number of Topliss-reactive ketones (excluding diaryl/α,β-unsaturated/α-hetero) is 1. The zero-order valence-electron chi connectivity index (χ0n) is 15.9. The number of nitrogens with zero attached hydrogens (tertiary/aromatic N) is 3. The lowest BCUT2D eigenvalue weighted by Gasteiger charge is -2.08. The molecular weight excluding hydrogens is 388 g/mol. The van der Waals surface area contributed by atoms with Crippen LogP contribution >= 0.6 is 23.1 Å². The lowest BCUT2D eigenvalue weighted by Crippen LogP contribution is -2.10.